The fourth-order valence-electron chi connectivity index (χ4n) is 6.10. The highest BCUT2D eigenvalue weighted by atomic mass is 31.2. The van der Waals surface area contributed by atoms with Crippen LogP contribution in [0.1, 0.15) is 0 Å². The molecule has 4 unspecified atom stereocenters. The molecule has 0 saturated carbocycles. The first-order chi connectivity index (χ1) is 21.8. The zero-order chi connectivity index (χ0) is 32.2. The fourth-order valence-corrected chi connectivity index (χ4v) is 8.03. The number of fused-ring (bicyclic) bond motifs is 3. The molecule has 246 valence electrons. The molecule has 12 atom stereocenters. The molecule has 4 fully saturated rings. The average molecular weight is 687 g/mol. The molecule has 8 heterocycles. The van der Waals surface area contributed by atoms with Gasteiger partial charge in [-0.15, -0.1) is 0 Å². The summed E-state index contributed by atoms with van der Waals surface area (Å²) in [4.78, 5) is 68.1. The first-order valence-corrected chi connectivity index (χ1v) is 16.5. The van der Waals surface area contributed by atoms with Gasteiger partial charge in [0.15, 0.2) is 30.4 Å². The second-order valence-electron chi connectivity index (χ2n) is 11.0. The lowest BCUT2D eigenvalue weighted by molar-refractivity contribution is -0.243. The zero-order valence-corrected chi connectivity index (χ0v) is 24.7. The molecule has 23 nitrogen and oxygen atoms in total. The van der Waals surface area contributed by atoms with E-state index in [9.17, 15) is 33.6 Å². The van der Waals surface area contributed by atoms with Crippen molar-refractivity contribution in [1.82, 2.24) is 15.1 Å². The maximum absolute atomic E-state index is 13.3. The molecular formula is C21H23N9O14P2. The van der Waals surface area contributed by atoms with Gasteiger partial charge < -0.3 is 29.1 Å². The number of aliphatic hydroxyl groups excluding tert-OH is 1. The Morgan fingerprint density at radius 1 is 0.978 bits per heavy atom. The lowest BCUT2D eigenvalue weighted by Gasteiger charge is -2.43. The van der Waals surface area contributed by atoms with Crippen molar-refractivity contribution >= 4 is 64.1 Å². The SMILES string of the molecule is N=C1N=C2C(N=CN2[C@@H]2O[C@@]34CO[C@H]3[C@H]2OP(=O)(O)OC[C@H]2O[C@@H](N3C=NC5C(=O)N=CN=C53)[C@H](O)[C@@H]2OP(=O)(O)OC4)C(=O)N1. The van der Waals surface area contributed by atoms with Crippen LogP contribution in [0.3, 0.4) is 0 Å². The van der Waals surface area contributed by atoms with Gasteiger partial charge in [0.1, 0.15) is 48.3 Å². The molecule has 46 heavy (non-hydrogen) atoms. The van der Waals surface area contributed by atoms with E-state index in [4.69, 9.17) is 37.7 Å². The Morgan fingerprint density at radius 2 is 1.70 bits per heavy atom. The van der Waals surface area contributed by atoms with Crippen LogP contribution in [0.15, 0.2) is 25.0 Å². The minimum absolute atomic E-state index is 0.0406. The molecule has 8 aliphatic heterocycles. The number of ether oxygens (including phenoxy) is 3. The van der Waals surface area contributed by atoms with E-state index in [2.05, 4.69) is 30.3 Å². The van der Waals surface area contributed by atoms with Gasteiger partial charge in [-0.1, -0.05) is 0 Å². The molecule has 0 aromatic rings. The van der Waals surface area contributed by atoms with Gasteiger partial charge in [-0.25, -0.2) is 14.1 Å². The first-order valence-electron chi connectivity index (χ1n) is 13.5. The Labute approximate surface area is 256 Å². The number of amidine groups is 2. The summed E-state index contributed by atoms with van der Waals surface area (Å²) in [6.45, 7) is -1.70. The summed E-state index contributed by atoms with van der Waals surface area (Å²) in [7, 11) is -10.1. The van der Waals surface area contributed by atoms with Gasteiger partial charge in [-0.2, -0.15) is 9.98 Å². The highest BCUT2D eigenvalue weighted by Gasteiger charge is 2.67. The van der Waals surface area contributed by atoms with Crippen LogP contribution >= 0.6 is 15.6 Å². The Hall–Kier alpha value is -3.18. The summed E-state index contributed by atoms with van der Waals surface area (Å²) >= 11 is 0. The average Bonchev–Trinajstić information content (AvgIpc) is 3.71. The summed E-state index contributed by atoms with van der Waals surface area (Å²) in [5.74, 6) is -1.73. The van der Waals surface area contributed by atoms with Crippen molar-refractivity contribution in [1.29, 1.82) is 5.41 Å². The van der Waals surface area contributed by atoms with Crippen LogP contribution in [0.2, 0.25) is 0 Å². The number of aliphatic imine (C=N–C) groups is 5. The molecule has 0 aromatic carbocycles. The molecule has 0 radical (unpaired) electrons. The van der Waals surface area contributed by atoms with Gasteiger partial charge in [0.25, 0.3) is 11.8 Å². The second kappa shape index (κ2) is 10.4. The monoisotopic (exact) mass is 687 g/mol. The van der Waals surface area contributed by atoms with E-state index in [0.717, 1.165) is 12.7 Å². The van der Waals surface area contributed by atoms with E-state index >= 15 is 0 Å². The van der Waals surface area contributed by atoms with E-state index in [1.54, 1.807) is 0 Å². The van der Waals surface area contributed by atoms with Gasteiger partial charge in [0.05, 0.1) is 32.5 Å². The predicted molar refractivity (Wildman–Crippen MR) is 146 cm³/mol. The van der Waals surface area contributed by atoms with Crippen LogP contribution in [-0.2, 0) is 51.0 Å². The molecule has 25 heteroatoms. The third kappa shape index (κ3) is 4.74. The molecular weight excluding hydrogens is 664 g/mol. The number of nitrogens with zero attached hydrogens (tertiary/aromatic N) is 7. The maximum atomic E-state index is 13.3. The lowest BCUT2D eigenvalue weighted by atomic mass is 9.91. The number of nitrogens with one attached hydrogen (secondary N) is 2. The van der Waals surface area contributed by atoms with E-state index < -0.39 is 107 Å². The molecule has 4 saturated heterocycles. The summed E-state index contributed by atoms with van der Waals surface area (Å²) in [5.41, 5.74) is -1.54. The largest absolute Gasteiger partial charge is 0.472 e. The van der Waals surface area contributed by atoms with E-state index in [1.165, 1.54) is 16.1 Å². The van der Waals surface area contributed by atoms with Crippen molar-refractivity contribution in [2.45, 2.75) is 60.7 Å². The highest BCUT2D eigenvalue weighted by molar-refractivity contribution is 7.47. The molecule has 0 aliphatic carbocycles. The zero-order valence-electron chi connectivity index (χ0n) is 22.9. The van der Waals surface area contributed by atoms with Gasteiger partial charge in [-0.3, -0.25) is 58.2 Å². The van der Waals surface area contributed by atoms with Crippen molar-refractivity contribution < 1.29 is 65.9 Å². The summed E-state index contributed by atoms with van der Waals surface area (Å²) in [5, 5.41) is 21.2. The van der Waals surface area contributed by atoms with E-state index in [0.29, 0.717) is 0 Å². The van der Waals surface area contributed by atoms with Crippen molar-refractivity contribution in [2.24, 2.45) is 25.0 Å². The van der Waals surface area contributed by atoms with Gasteiger partial charge in [0, 0.05) is 0 Å². The number of phosphoric acid groups is 2. The number of carbonyl (C=O) groups excluding carboxylic acids is 2. The number of aliphatic hydroxyl groups is 1. The van der Waals surface area contributed by atoms with Crippen LogP contribution in [0, 0.1) is 5.41 Å². The summed E-state index contributed by atoms with van der Waals surface area (Å²) < 4.78 is 65.6. The minimum atomic E-state index is -5.06. The minimum Gasteiger partial charge on any atom is -0.386 e. The van der Waals surface area contributed by atoms with Crippen molar-refractivity contribution in [3.05, 3.63) is 0 Å². The Morgan fingerprint density at radius 3 is 2.46 bits per heavy atom. The van der Waals surface area contributed by atoms with E-state index in [-0.39, 0.29) is 18.3 Å². The van der Waals surface area contributed by atoms with E-state index in [1.807, 2.05) is 0 Å². The van der Waals surface area contributed by atoms with Crippen molar-refractivity contribution in [3.63, 3.8) is 0 Å². The first kappa shape index (κ1) is 30.2. The Balaban J connectivity index is 1.08. The van der Waals surface area contributed by atoms with Crippen molar-refractivity contribution in [2.75, 3.05) is 19.8 Å². The Bertz CT molecular complexity index is 1670. The van der Waals surface area contributed by atoms with Gasteiger partial charge >= 0.3 is 15.6 Å². The van der Waals surface area contributed by atoms with Crippen molar-refractivity contribution in [3.8, 4) is 0 Å². The molecule has 2 amide bonds. The third-order valence-corrected chi connectivity index (χ3v) is 10.2. The highest BCUT2D eigenvalue weighted by Crippen LogP contribution is 2.56. The number of guanidine groups is 1. The predicted octanol–water partition coefficient (Wildman–Crippen LogP) is -3.56. The number of amides is 2. The van der Waals surface area contributed by atoms with Gasteiger partial charge in [-0.05, 0) is 0 Å². The third-order valence-electron chi connectivity index (χ3n) is 8.23. The molecule has 8 rings (SSSR count). The van der Waals surface area contributed by atoms with Crippen LogP contribution < -0.4 is 5.32 Å². The van der Waals surface area contributed by atoms with Crippen LogP contribution in [0.4, 0.5) is 0 Å². The molecule has 0 aromatic heterocycles. The summed E-state index contributed by atoms with van der Waals surface area (Å²) in [6, 6.07) is -2.24. The lowest BCUT2D eigenvalue weighted by Crippen LogP contribution is -2.61. The number of hydrogen-bond acceptors (Lipinski definition) is 18. The number of carbonyl (C=O) groups is 2. The van der Waals surface area contributed by atoms with Crippen LogP contribution in [-0.4, -0.2) is 154 Å². The number of phosphoric ester groups is 2. The number of hydrogen-bond donors (Lipinski definition) is 5. The standard InChI is InChI=1S/C21H23N9O14P2/c22-20-27-15-9(17(33)28-20)26-6-30(15)19-12-13-21(42-19,2-38-13)3-40-46(36,37)43-11-7(1-39-45(34,35)44-12)41-18(10(11)31)29-5-25-8-14(29)23-4-24-16(8)32/h4-13,18-19,31H,1-3H2,(H,34,35)(H,36,37)(H2,22,28,33)/t7-,8?,9?,10-,11-,12-,13+,18-,19-,21-/m1/s1. The molecule has 5 N–H and O–H groups in total. The molecule has 8 aliphatic rings. The normalized spacial score (nSPS) is 47.9. The number of rotatable bonds is 2. The second-order valence-corrected chi connectivity index (χ2v) is 13.8. The maximum Gasteiger partial charge on any atom is 0.472 e. The molecule has 2 bridgehead atoms. The van der Waals surface area contributed by atoms with Crippen LogP contribution in [0.5, 0.6) is 0 Å². The fraction of sp³-hybridized carbons (Fsp3) is 0.619. The Kier molecular flexibility index (Phi) is 6.83. The quantitative estimate of drug-likeness (QED) is 0.175. The topological polar surface area (TPSA) is 298 Å². The smallest absolute Gasteiger partial charge is 0.386 e. The van der Waals surface area contributed by atoms with Crippen LogP contribution in [0.25, 0.3) is 0 Å². The summed E-state index contributed by atoms with van der Waals surface area (Å²) in [6.07, 6.45) is -6.94. The van der Waals surface area contributed by atoms with Gasteiger partial charge in [0.2, 0.25) is 5.96 Å². The molecule has 0 spiro atoms.